The molecule has 1 unspecified atom stereocenters. The molecule has 31 heavy (non-hydrogen) atoms. The van der Waals surface area contributed by atoms with Crippen molar-refractivity contribution in [2.24, 2.45) is 7.05 Å². The third-order valence-corrected chi connectivity index (χ3v) is 7.07. The van der Waals surface area contributed by atoms with Crippen LogP contribution in [0.25, 0.3) is 0 Å². The predicted molar refractivity (Wildman–Crippen MR) is 118 cm³/mol. The maximum absolute atomic E-state index is 13.9. The summed E-state index contributed by atoms with van der Waals surface area (Å²) in [7, 11) is 1.92. The van der Waals surface area contributed by atoms with Gasteiger partial charge in [0.15, 0.2) is 0 Å². The molecule has 1 aromatic carbocycles. The summed E-state index contributed by atoms with van der Waals surface area (Å²) in [5.74, 6) is -0.0870. The van der Waals surface area contributed by atoms with Crippen LogP contribution >= 0.6 is 0 Å². The van der Waals surface area contributed by atoms with Gasteiger partial charge in [0.25, 0.3) is 5.91 Å². The molecule has 2 fully saturated rings. The lowest BCUT2D eigenvalue weighted by atomic mass is 9.67. The minimum atomic E-state index is -0.506. The van der Waals surface area contributed by atoms with E-state index < -0.39 is 5.54 Å². The molecule has 2 aromatic rings. The summed E-state index contributed by atoms with van der Waals surface area (Å²) in [4.78, 5) is 33.8. The second kappa shape index (κ2) is 7.48. The summed E-state index contributed by atoms with van der Waals surface area (Å²) in [6.07, 6.45) is 4.07. The standard InChI is InChI=1S/C24H31N5O2/c1-17(2)29-22(30)20-9-5-4-8-19(20)21(23(31)28-11-6-7-12-28)24(29)15-27(16-24)14-18-10-13-26(3)25-18/h4-5,8-10,13,17,21H,6-7,11-12,14-16H2,1-3H3. The van der Waals surface area contributed by atoms with Crippen LogP contribution in [0.5, 0.6) is 0 Å². The number of rotatable bonds is 4. The highest BCUT2D eigenvalue weighted by molar-refractivity contribution is 6.02. The van der Waals surface area contributed by atoms with Crippen molar-refractivity contribution in [1.29, 1.82) is 0 Å². The van der Waals surface area contributed by atoms with E-state index in [9.17, 15) is 9.59 Å². The second-order valence-electron chi connectivity index (χ2n) is 9.55. The maximum Gasteiger partial charge on any atom is 0.254 e. The number of likely N-dealkylation sites (tertiary alicyclic amines) is 2. The molecule has 3 aliphatic rings. The summed E-state index contributed by atoms with van der Waals surface area (Å²) in [5.41, 5.74) is 2.09. The Morgan fingerprint density at radius 2 is 1.87 bits per heavy atom. The monoisotopic (exact) mass is 421 g/mol. The number of nitrogens with zero attached hydrogens (tertiary/aromatic N) is 5. The predicted octanol–water partition coefficient (Wildman–Crippen LogP) is 2.24. The van der Waals surface area contributed by atoms with Crippen molar-refractivity contribution in [2.45, 2.75) is 50.7 Å². The molecule has 1 aromatic heterocycles. The van der Waals surface area contributed by atoms with Gasteiger partial charge in [0.05, 0.1) is 17.2 Å². The third-order valence-electron chi connectivity index (χ3n) is 7.07. The molecular formula is C24H31N5O2. The number of aryl methyl sites for hydroxylation is 1. The number of aromatic nitrogens is 2. The number of amides is 2. The molecule has 2 saturated heterocycles. The van der Waals surface area contributed by atoms with Crippen LogP contribution in [0.3, 0.4) is 0 Å². The highest BCUT2D eigenvalue weighted by atomic mass is 16.2. The van der Waals surface area contributed by atoms with E-state index in [-0.39, 0.29) is 23.8 Å². The van der Waals surface area contributed by atoms with Gasteiger partial charge in [-0.05, 0) is 44.4 Å². The maximum atomic E-state index is 13.9. The van der Waals surface area contributed by atoms with E-state index in [2.05, 4.69) is 23.8 Å². The largest absolute Gasteiger partial charge is 0.342 e. The van der Waals surface area contributed by atoms with Crippen molar-refractivity contribution in [3.63, 3.8) is 0 Å². The summed E-state index contributed by atoms with van der Waals surface area (Å²) in [6.45, 7) is 7.87. The molecule has 7 nitrogen and oxygen atoms in total. The number of hydrogen-bond donors (Lipinski definition) is 0. The lowest BCUT2D eigenvalue weighted by Gasteiger charge is -2.62. The van der Waals surface area contributed by atoms with Gasteiger partial charge in [-0.25, -0.2) is 0 Å². The molecular weight excluding hydrogens is 390 g/mol. The zero-order chi connectivity index (χ0) is 21.8. The minimum Gasteiger partial charge on any atom is -0.342 e. The molecule has 4 heterocycles. The van der Waals surface area contributed by atoms with E-state index in [4.69, 9.17) is 0 Å². The van der Waals surface area contributed by atoms with Gasteiger partial charge in [-0.3, -0.25) is 19.2 Å². The van der Waals surface area contributed by atoms with Gasteiger partial charge >= 0.3 is 0 Å². The topological polar surface area (TPSA) is 61.7 Å². The molecule has 1 spiro atoms. The van der Waals surface area contributed by atoms with Crippen molar-refractivity contribution in [3.8, 4) is 0 Å². The SMILES string of the molecule is CC(C)N1C(=O)c2ccccc2C(C(=O)N2CCCC2)C12CN(Cc1ccn(C)n1)C2. The average molecular weight is 422 g/mol. The quantitative estimate of drug-likeness (QED) is 0.760. The highest BCUT2D eigenvalue weighted by Crippen LogP contribution is 2.48. The van der Waals surface area contributed by atoms with Crippen LogP contribution in [0.15, 0.2) is 36.5 Å². The number of hydrogen-bond acceptors (Lipinski definition) is 4. The average Bonchev–Trinajstić information content (AvgIpc) is 3.38. The second-order valence-corrected chi connectivity index (χ2v) is 9.55. The molecule has 3 aliphatic heterocycles. The van der Waals surface area contributed by atoms with Crippen LogP contribution in [0.2, 0.25) is 0 Å². The van der Waals surface area contributed by atoms with E-state index in [1.165, 1.54) is 0 Å². The van der Waals surface area contributed by atoms with E-state index in [1.54, 1.807) is 0 Å². The summed E-state index contributed by atoms with van der Waals surface area (Å²) >= 11 is 0. The summed E-state index contributed by atoms with van der Waals surface area (Å²) < 4.78 is 1.81. The Kier molecular flexibility index (Phi) is 4.88. The van der Waals surface area contributed by atoms with E-state index >= 15 is 0 Å². The fourth-order valence-electron chi connectivity index (χ4n) is 5.89. The van der Waals surface area contributed by atoms with Crippen molar-refractivity contribution < 1.29 is 9.59 Å². The number of carbonyl (C=O) groups is 2. The van der Waals surface area contributed by atoms with Crippen molar-refractivity contribution in [2.75, 3.05) is 26.2 Å². The number of benzene rings is 1. The Balaban J connectivity index is 1.54. The first-order chi connectivity index (χ1) is 14.9. The molecule has 5 rings (SSSR count). The number of fused-ring (bicyclic) bond motifs is 1. The van der Waals surface area contributed by atoms with Crippen LogP contribution in [0.1, 0.15) is 54.2 Å². The Bertz CT molecular complexity index is 1000. The van der Waals surface area contributed by atoms with E-state index in [0.717, 1.165) is 43.7 Å². The zero-order valence-electron chi connectivity index (χ0n) is 18.6. The van der Waals surface area contributed by atoms with Gasteiger partial charge in [0.2, 0.25) is 5.91 Å². The van der Waals surface area contributed by atoms with Crippen LogP contribution in [0.4, 0.5) is 0 Å². The smallest absolute Gasteiger partial charge is 0.254 e. The molecule has 0 aliphatic carbocycles. The molecule has 0 N–H and O–H groups in total. The van der Waals surface area contributed by atoms with Gasteiger partial charge in [-0.15, -0.1) is 0 Å². The first kappa shape index (κ1) is 20.2. The van der Waals surface area contributed by atoms with Crippen molar-refractivity contribution >= 4 is 11.8 Å². The van der Waals surface area contributed by atoms with Crippen LogP contribution in [-0.4, -0.2) is 74.1 Å². The normalized spacial score (nSPS) is 22.8. The Labute approximate surface area is 183 Å². The summed E-state index contributed by atoms with van der Waals surface area (Å²) in [5, 5.41) is 4.51. The van der Waals surface area contributed by atoms with E-state index in [0.29, 0.717) is 18.7 Å². The molecule has 2 amide bonds. The first-order valence-electron chi connectivity index (χ1n) is 11.3. The zero-order valence-corrected chi connectivity index (χ0v) is 18.6. The Hall–Kier alpha value is -2.67. The van der Waals surface area contributed by atoms with Gasteiger partial charge in [-0.2, -0.15) is 5.10 Å². The van der Waals surface area contributed by atoms with Crippen molar-refractivity contribution in [1.82, 2.24) is 24.5 Å². The van der Waals surface area contributed by atoms with Gasteiger partial charge in [-0.1, -0.05) is 18.2 Å². The fourth-order valence-corrected chi connectivity index (χ4v) is 5.89. The molecule has 1 atom stereocenters. The molecule has 7 heteroatoms. The molecule has 0 saturated carbocycles. The Morgan fingerprint density at radius 1 is 1.16 bits per heavy atom. The molecule has 0 bridgehead atoms. The highest BCUT2D eigenvalue weighted by Gasteiger charge is 2.61. The fraction of sp³-hybridized carbons (Fsp3) is 0.542. The third kappa shape index (κ3) is 3.17. The van der Waals surface area contributed by atoms with E-state index in [1.807, 2.05) is 58.1 Å². The van der Waals surface area contributed by atoms with Crippen molar-refractivity contribution in [3.05, 3.63) is 53.3 Å². The van der Waals surface area contributed by atoms with Gasteiger partial charge in [0.1, 0.15) is 0 Å². The first-order valence-corrected chi connectivity index (χ1v) is 11.3. The van der Waals surface area contributed by atoms with Gasteiger partial charge in [0, 0.05) is 57.6 Å². The molecule has 0 radical (unpaired) electrons. The van der Waals surface area contributed by atoms with Gasteiger partial charge < -0.3 is 9.80 Å². The number of carbonyl (C=O) groups excluding carboxylic acids is 2. The van der Waals surface area contributed by atoms with Crippen LogP contribution in [0, 0.1) is 0 Å². The minimum absolute atomic E-state index is 0.0201. The molecule has 164 valence electrons. The lowest BCUT2D eigenvalue weighted by molar-refractivity contribution is -0.144. The Morgan fingerprint density at radius 3 is 2.52 bits per heavy atom. The van der Waals surface area contributed by atoms with Crippen LogP contribution < -0.4 is 0 Å². The summed E-state index contributed by atoms with van der Waals surface area (Å²) in [6, 6.07) is 9.78. The lowest BCUT2D eigenvalue weighted by Crippen LogP contribution is -2.77. The van der Waals surface area contributed by atoms with Crippen LogP contribution in [-0.2, 0) is 18.4 Å².